The molecule has 1 aromatic carbocycles. The number of para-hydroxylation sites is 2. The van der Waals surface area contributed by atoms with Gasteiger partial charge in [0.25, 0.3) is 0 Å². The number of hydrogen-bond donors (Lipinski definition) is 1. The van der Waals surface area contributed by atoms with E-state index in [-0.39, 0.29) is 12.0 Å². The second-order valence-corrected chi connectivity index (χ2v) is 4.78. The van der Waals surface area contributed by atoms with Gasteiger partial charge in [0.15, 0.2) is 0 Å². The molecule has 4 heteroatoms. The monoisotopic (exact) mass is 265 g/mol. The van der Waals surface area contributed by atoms with E-state index in [1.165, 1.54) is 0 Å². The maximum Gasteiger partial charge on any atom is 0.328 e. The van der Waals surface area contributed by atoms with Gasteiger partial charge < -0.3 is 14.8 Å². The summed E-state index contributed by atoms with van der Waals surface area (Å²) in [6.07, 6.45) is 0.719. The molecule has 0 amide bonds. The van der Waals surface area contributed by atoms with Crippen molar-refractivity contribution in [2.45, 2.75) is 33.2 Å². The number of hydrogen-bond acceptors (Lipinski definition) is 4. The normalized spacial score (nSPS) is 12.1. The maximum atomic E-state index is 12.0. The highest BCUT2D eigenvalue weighted by molar-refractivity contribution is 5.80. The number of esters is 1. The Bertz CT molecular complexity index is 404. The molecule has 0 aliphatic rings. The van der Waals surface area contributed by atoms with Crippen molar-refractivity contribution in [3.63, 3.8) is 0 Å². The Morgan fingerprint density at radius 2 is 2.00 bits per heavy atom. The zero-order valence-electron chi connectivity index (χ0n) is 12.1. The average Bonchev–Trinajstić information content (AvgIpc) is 2.38. The van der Waals surface area contributed by atoms with Gasteiger partial charge in [0.05, 0.1) is 19.4 Å². The molecule has 0 saturated heterocycles. The molecular formula is C15H23NO3. The largest absolute Gasteiger partial charge is 0.495 e. The third-order valence-corrected chi connectivity index (χ3v) is 2.71. The Labute approximate surface area is 115 Å². The molecule has 106 valence electrons. The number of carbonyl (C=O) groups is 1. The predicted octanol–water partition coefficient (Wildman–Crippen LogP) is 3.08. The zero-order chi connectivity index (χ0) is 14.3. The smallest absolute Gasteiger partial charge is 0.328 e. The summed E-state index contributed by atoms with van der Waals surface area (Å²) in [5.41, 5.74) is 0.809. The van der Waals surface area contributed by atoms with Crippen LogP contribution in [0.4, 0.5) is 5.69 Å². The first kappa shape index (κ1) is 15.3. The van der Waals surface area contributed by atoms with Gasteiger partial charge in [0.1, 0.15) is 11.8 Å². The highest BCUT2D eigenvalue weighted by Gasteiger charge is 2.21. The van der Waals surface area contributed by atoms with E-state index in [0.29, 0.717) is 12.5 Å². The SMILES string of the molecule is CCOC(=O)C(CC(C)C)Nc1ccccc1OC. The molecule has 1 unspecified atom stereocenters. The van der Waals surface area contributed by atoms with Crippen molar-refractivity contribution < 1.29 is 14.3 Å². The molecule has 0 fully saturated rings. The van der Waals surface area contributed by atoms with Crippen molar-refractivity contribution >= 4 is 11.7 Å². The lowest BCUT2D eigenvalue weighted by Crippen LogP contribution is -2.32. The summed E-state index contributed by atoms with van der Waals surface area (Å²) in [4.78, 5) is 12.0. The molecular weight excluding hydrogens is 242 g/mol. The predicted molar refractivity (Wildman–Crippen MR) is 76.5 cm³/mol. The fourth-order valence-electron chi connectivity index (χ4n) is 1.88. The van der Waals surface area contributed by atoms with Gasteiger partial charge in [-0.3, -0.25) is 0 Å². The van der Waals surface area contributed by atoms with Gasteiger partial charge >= 0.3 is 5.97 Å². The minimum atomic E-state index is -0.351. The highest BCUT2D eigenvalue weighted by Crippen LogP contribution is 2.25. The summed E-state index contributed by atoms with van der Waals surface area (Å²) in [7, 11) is 1.61. The summed E-state index contributed by atoms with van der Waals surface area (Å²) >= 11 is 0. The quantitative estimate of drug-likeness (QED) is 0.770. The van der Waals surface area contributed by atoms with Crippen molar-refractivity contribution in [3.05, 3.63) is 24.3 Å². The standard InChI is InChI=1S/C15H23NO3/c1-5-19-15(17)13(10-11(2)3)16-12-8-6-7-9-14(12)18-4/h6-9,11,13,16H,5,10H2,1-4H3. The fourth-order valence-corrected chi connectivity index (χ4v) is 1.88. The van der Waals surface area contributed by atoms with Crippen LogP contribution in [0, 0.1) is 5.92 Å². The molecule has 0 aromatic heterocycles. The van der Waals surface area contributed by atoms with Gasteiger partial charge in [0, 0.05) is 0 Å². The first-order valence-corrected chi connectivity index (χ1v) is 6.64. The molecule has 19 heavy (non-hydrogen) atoms. The highest BCUT2D eigenvalue weighted by atomic mass is 16.5. The molecule has 0 aliphatic heterocycles. The van der Waals surface area contributed by atoms with E-state index in [2.05, 4.69) is 19.2 Å². The van der Waals surface area contributed by atoms with Crippen LogP contribution in [0.15, 0.2) is 24.3 Å². The number of nitrogens with one attached hydrogen (secondary N) is 1. The molecule has 0 bridgehead atoms. The molecule has 0 heterocycles. The molecule has 0 spiro atoms. The first-order chi connectivity index (χ1) is 9.08. The van der Waals surface area contributed by atoms with Crippen LogP contribution in [0.5, 0.6) is 5.75 Å². The van der Waals surface area contributed by atoms with Crippen LogP contribution in [0.25, 0.3) is 0 Å². The number of anilines is 1. The van der Waals surface area contributed by atoms with Crippen LogP contribution in [0.3, 0.4) is 0 Å². The minimum Gasteiger partial charge on any atom is -0.495 e. The molecule has 1 N–H and O–H groups in total. The van der Waals surface area contributed by atoms with E-state index in [1.54, 1.807) is 7.11 Å². The summed E-state index contributed by atoms with van der Waals surface area (Å²) in [6.45, 7) is 6.36. The van der Waals surface area contributed by atoms with Crippen LogP contribution in [0.1, 0.15) is 27.2 Å². The van der Waals surface area contributed by atoms with Crippen LogP contribution in [-0.4, -0.2) is 25.7 Å². The third kappa shape index (κ3) is 4.81. The lowest BCUT2D eigenvalue weighted by atomic mass is 10.0. The Hall–Kier alpha value is -1.71. The Morgan fingerprint density at radius 1 is 1.32 bits per heavy atom. The van der Waals surface area contributed by atoms with E-state index in [9.17, 15) is 4.79 Å². The van der Waals surface area contributed by atoms with Crippen molar-refractivity contribution in [1.29, 1.82) is 0 Å². The third-order valence-electron chi connectivity index (χ3n) is 2.71. The van der Waals surface area contributed by atoms with Crippen LogP contribution in [0.2, 0.25) is 0 Å². The van der Waals surface area contributed by atoms with E-state index >= 15 is 0 Å². The van der Waals surface area contributed by atoms with E-state index in [0.717, 1.165) is 17.9 Å². The zero-order valence-corrected chi connectivity index (χ0v) is 12.1. The number of methoxy groups -OCH3 is 1. The Morgan fingerprint density at radius 3 is 2.58 bits per heavy atom. The lowest BCUT2D eigenvalue weighted by Gasteiger charge is -2.21. The molecule has 0 radical (unpaired) electrons. The molecule has 0 aliphatic carbocycles. The Balaban J connectivity index is 2.84. The van der Waals surface area contributed by atoms with E-state index < -0.39 is 0 Å². The maximum absolute atomic E-state index is 12.0. The van der Waals surface area contributed by atoms with Gasteiger partial charge in [-0.25, -0.2) is 4.79 Å². The van der Waals surface area contributed by atoms with Crippen LogP contribution < -0.4 is 10.1 Å². The van der Waals surface area contributed by atoms with Crippen LogP contribution in [-0.2, 0) is 9.53 Å². The topological polar surface area (TPSA) is 47.6 Å². The fraction of sp³-hybridized carbons (Fsp3) is 0.533. The molecule has 1 aromatic rings. The first-order valence-electron chi connectivity index (χ1n) is 6.64. The van der Waals surface area contributed by atoms with Gasteiger partial charge in [-0.1, -0.05) is 26.0 Å². The molecule has 1 atom stereocenters. The lowest BCUT2D eigenvalue weighted by molar-refractivity contribution is -0.144. The van der Waals surface area contributed by atoms with Crippen molar-refractivity contribution in [1.82, 2.24) is 0 Å². The van der Waals surface area contributed by atoms with E-state index in [1.807, 2.05) is 31.2 Å². The minimum absolute atomic E-state index is 0.220. The van der Waals surface area contributed by atoms with Crippen molar-refractivity contribution in [3.8, 4) is 5.75 Å². The van der Waals surface area contributed by atoms with Gasteiger partial charge in [-0.05, 0) is 31.4 Å². The number of rotatable bonds is 7. The number of carbonyl (C=O) groups excluding carboxylic acids is 1. The van der Waals surface area contributed by atoms with Gasteiger partial charge in [-0.2, -0.15) is 0 Å². The van der Waals surface area contributed by atoms with Gasteiger partial charge in [0.2, 0.25) is 0 Å². The Kier molecular flexibility index (Phi) is 6.19. The summed E-state index contributed by atoms with van der Waals surface area (Å²) in [6, 6.07) is 7.20. The molecule has 1 rings (SSSR count). The van der Waals surface area contributed by atoms with Crippen LogP contribution >= 0.6 is 0 Å². The summed E-state index contributed by atoms with van der Waals surface area (Å²) < 4.78 is 10.4. The molecule has 0 saturated carbocycles. The average molecular weight is 265 g/mol. The van der Waals surface area contributed by atoms with E-state index in [4.69, 9.17) is 9.47 Å². The van der Waals surface area contributed by atoms with Crippen molar-refractivity contribution in [2.75, 3.05) is 19.0 Å². The van der Waals surface area contributed by atoms with Gasteiger partial charge in [-0.15, -0.1) is 0 Å². The second kappa shape index (κ2) is 7.67. The second-order valence-electron chi connectivity index (χ2n) is 4.78. The number of ether oxygens (including phenoxy) is 2. The molecule has 4 nitrogen and oxygen atoms in total. The summed E-state index contributed by atoms with van der Waals surface area (Å²) in [5, 5.41) is 3.21. The number of benzene rings is 1. The summed E-state index contributed by atoms with van der Waals surface area (Å²) in [5.74, 6) is 0.902. The van der Waals surface area contributed by atoms with Crippen molar-refractivity contribution in [2.24, 2.45) is 5.92 Å².